The van der Waals surface area contributed by atoms with Gasteiger partial charge >= 0.3 is 6.03 Å². The molecule has 0 bridgehead atoms. The van der Waals surface area contributed by atoms with Gasteiger partial charge in [-0.1, -0.05) is 0 Å². The van der Waals surface area contributed by atoms with Crippen molar-refractivity contribution in [1.29, 1.82) is 0 Å². The van der Waals surface area contributed by atoms with Crippen molar-refractivity contribution in [2.24, 2.45) is 0 Å². The van der Waals surface area contributed by atoms with Crippen LogP contribution in [0.4, 0.5) is 10.5 Å². The first-order valence-electron chi connectivity index (χ1n) is 7.79. The van der Waals surface area contributed by atoms with Gasteiger partial charge in [-0.15, -0.1) is 0 Å². The number of aryl methyl sites for hydroxylation is 1. The van der Waals surface area contributed by atoms with E-state index in [0.29, 0.717) is 37.9 Å². The molecule has 7 nitrogen and oxygen atoms in total. The van der Waals surface area contributed by atoms with E-state index in [-0.39, 0.29) is 18.2 Å². The second kappa shape index (κ2) is 8.12. The molecule has 2 heterocycles. The molecule has 128 valence electrons. The SMILES string of the molecule is COCC1COCCN1C(=O)Nc1cc(C)cnc1OC(C)C. The number of methoxy groups -OCH3 is 1. The van der Waals surface area contributed by atoms with Gasteiger partial charge in [0.15, 0.2) is 0 Å². The highest BCUT2D eigenvalue weighted by Gasteiger charge is 2.28. The smallest absolute Gasteiger partial charge is 0.322 e. The summed E-state index contributed by atoms with van der Waals surface area (Å²) in [5.41, 5.74) is 1.53. The summed E-state index contributed by atoms with van der Waals surface area (Å²) >= 11 is 0. The molecule has 23 heavy (non-hydrogen) atoms. The van der Waals surface area contributed by atoms with Crippen LogP contribution in [-0.2, 0) is 9.47 Å². The van der Waals surface area contributed by atoms with E-state index < -0.39 is 0 Å². The van der Waals surface area contributed by atoms with Crippen molar-refractivity contribution in [3.05, 3.63) is 17.8 Å². The summed E-state index contributed by atoms with van der Waals surface area (Å²) in [6, 6.07) is 1.56. The zero-order valence-electron chi connectivity index (χ0n) is 14.2. The van der Waals surface area contributed by atoms with Gasteiger partial charge in [-0.05, 0) is 32.4 Å². The van der Waals surface area contributed by atoms with Crippen molar-refractivity contribution in [3.63, 3.8) is 0 Å². The van der Waals surface area contributed by atoms with Crippen LogP contribution in [0.15, 0.2) is 12.3 Å². The van der Waals surface area contributed by atoms with Crippen molar-refractivity contribution in [2.75, 3.05) is 38.8 Å². The van der Waals surface area contributed by atoms with Gasteiger partial charge in [-0.3, -0.25) is 0 Å². The largest absolute Gasteiger partial charge is 0.473 e. The zero-order chi connectivity index (χ0) is 16.8. The molecular formula is C16H25N3O4. The van der Waals surface area contributed by atoms with Crippen molar-refractivity contribution in [2.45, 2.75) is 32.9 Å². The molecular weight excluding hydrogens is 298 g/mol. The van der Waals surface area contributed by atoms with Crippen LogP contribution in [0, 0.1) is 6.92 Å². The molecule has 1 saturated heterocycles. The molecule has 0 spiro atoms. The lowest BCUT2D eigenvalue weighted by Gasteiger charge is -2.35. The van der Waals surface area contributed by atoms with Crippen LogP contribution in [0.1, 0.15) is 19.4 Å². The summed E-state index contributed by atoms with van der Waals surface area (Å²) in [6.07, 6.45) is 1.70. The molecule has 2 rings (SSSR count). The number of urea groups is 1. The third-order valence-electron chi connectivity index (χ3n) is 3.42. The van der Waals surface area contributed by atoms with Crippen molar-refractivity contribution in [3.8, 4) is 5.88 Å². The van der Waals surface area contributed by atoms with Crippen molar-refractivity contribution < 1.29 is 19.0 Å². The average Bonchev–Trinajstić information content (AvgIpc) is 2.50. The maximum atomic E-state index is 12.6. The second-order valence-electron chi connectivity index (χ2n) is 5.84. The molecule has 0 saturated carbocycles. The van der Waals surface area contributed by atoms with E-state index >= 15 is 0 Å². The molecule has 0 radical (unpaired) electrons. The fourth-order valence-electron chi connectivity index (χ4n) is 2.40. The number of carbonyl (C=O) groups excluding carboxylic acids is 1. The Morgan fingerprint density at radius 3 is 3.04 bits per heavy atom. The standard InChI is InChI=1S/C16H25N3O4/c1-11(2)23-15-14(7-12(3)8-17-15)18-16(20)19-5-6-22-10-13(19)9-21-4/h7-8,11,13H,5-6,9-10H2,1-4H3,(H,18,20). The van der Waals surface area contributed by atoms with Crippen molar-refractivity contribution in [1.82, 2.24) is 9.88 Å². The van der Waals surface area contributed by atoms with Gasteiger partial charge in [0.2, 0.25) is 5.88 Å². The van der Waals surface area contributed by atoms with Gasteiger partial charge in [0.1, 0.15) is 5.69 Å². The number of ether oxygens (including phenoxy) is 3. The topological polar surface area (TPSA) is 72.9 Å². The zero-order valence-corrected chi connectivity index (χ0v) is 14.2. The molecule has 1 atom stereocenters. The van der Waals surface area contributed by atoms with Gasteiger partial charge in [-0.25, -0.2) is 9.78 Å². The Balaban J connectivity index is 2.13. The quantitative estimate of drug-likeness (QED) is 0.898. The number of nitrogens with zero attached hydrogens (tertiary/aromatic N) is 2. The van der Waals surface area contributed by atoms with Gasteiger partial charge in [-0.2, -0.15) is 0 Å². The summed E-state index contributed by atoms with van der Waals surface area (Å²) in [5, 5.41) is 2.90. The number of rotatable bonds is 5. The number of hydrogen-bond acceptors (Lipinski definition) is 5. The molecule has 2 amide bonds. The number of anilines is 1. The highest BCUT2D eigenvalue weighted by molar-refractivity contribution is 5.91. The summed E-state index contributed by atoms with van der Waals surface area (Å²) in [7, 11) is 1.61. The van der Waals surface area contributed by atoms with Crippen LogP contribution in [0.5, 0.6) is 5.88 Å². The molecule has 7 heteroatoms. The van der Waals surface area contributed by atoms with E-state index in [2.05, 4.69) is 10.3 Å². The Labute approximate surface area is 136 Å². The number of amides is 2. The number of carbonyl (C=O) groups is 1. The van der Waals surface area contributed by atoms with Gasteiger partial charge in [0, 0.05) is 19.9 Å². The van der Waals surface area contributed by atoms with E-state index in [9.17, 15) is 4.79 Å². The molecule has 0 aromatic carbocycles. The van der Waals surface area contributed by atoms with Crippen LogP contribution < -0.4 is 10.1 Å². The van der Waals surface area contributed by atoms with Gasteiger partial charge in [0.25, 0.3) is 0 Å². The number of nitrogens with one attached hydrogen (secondary N) is 1. The molecule has 1 N–H and O–H groups in total. The third-order valence-corrected chi connectivity index (χ3v) is 3.42. The Morgan fingerprint density at radius 2 is 2.35 bits per heavy atom. The highest BCUT2D eigenvalue weighted by atomic mass is 16.5. The minimum atomic E-state index is -0.198. The van der Waals surface area contributed by atoms with E-state index in [1.54, 1.807) is 18.2 Å². The maximum absolute atomic E-state index is 12.6. The van der Waals surface area contributed by atoms with Gasteiger partial charge in [0.05, 0.1) is 32.0 Å². The molecule has 1 aliphatic heterocycles. The molecule has 1 fully saturated rings. The lowest BCUT2D eigenvalue weighted by Crippen LogP contribution is -2.52. The highest BCUT2D eigenvalue weighted by Crippen LogP contribution is 2.24. The number of morpholine rings is 1. The molecule has 0 aliphatic carbocycles. The van der Waals surface area contributed by atoms with E-state index in [4.69, 9.17) is 14.2 Å². The Hall–Kier alpha value is -1.86. The Bertz CT molecular complexity index is 534. The average molecular weight is 323 g/mol. The van der Waals surface area contributed by atoms with Crippen LogP contribution in [-0.4, -0.2) is 61.5 Å². The summed E-state index contributed by atoms with van der Waals surface area (Å²) in [6.45, 7) is 7.73. The minimum absolute atomic E-state index is 0.0227. The maximum Gasteiger partial charge on any atom is 0.322 e. The fourth-order valence-corrected chi connectivity index (χ4v) is 2.40. The van der Waals surface area contributed by atoms with Crippen molar-refractivity contribution >= 4 is 11.7 Å². The Kier molecular flexibility index (Phi) is 6.18. The fraction of sp³-hybridized carbons (Fsp3) is 0.625. The number of hydrogen-bond donors (Lipinski definition) is 1. The lowest BCUT2D eigenvalue weighted by molar-refractivity contribution is -0.0133. The molecule has 1 aromatic heterocycles. The monoisotopic (exact) mass is 323 g/mol. The van der Waals surface area contributed by atoms with Crippen LogP contribution in [0.3, 0.4) is 0 Å². The van der Waals surface area contributed by atoms with Crippen LogP contribution in [0.2, 0.25) is 0 Å². The summed E-state index contributed by atoms with van der Waals surface area (Å²) in [4.78, 5) is 18.6. The molecule has 1 unspecified atom stereocenters. The summed E-state index contributed by atoms with van der Waals surface area (Å²) in [5.74, 6) is 0.426. The van der Waals surface area contributed by atoms with Gasteiger partial charge < -0.3 is 24.4 Å². The number of pyridine rings is 1. The molecule has 1 aromatic rings. The third kappa shape index (κ3) is 4.80. The van der Waals surface area contributed by atoms with E-state index in [0.717, 1.165) is 5.56 Å². The van der Waals surface area contributed by atoms with E-state index in [1.807, 2.05) is 26.8 Å². The van der Waals surface area contributed by atoms with Crippen LogP contribution >= 0.6 is 0 Å². The lowest BCUT2D eigenvalue weighted by atomic mass is 10.2. The second-order valence-corrected chi connectivity index (χ2v) is 5.84. The first-order valence-corrected chi connectivity index (χ1v) is 7.79. The normalized spacial score (nSPS) is 18.1. The predicted molar refractivity (Wildman–Crippen MR) is 86.9 cm³/mol. The Morgan fingerprint density at radius 1 is 1.57 bits per heavy atom. The first-order chi connectivity index (χ1) is 11.0. The predicted octanol–water partition coefficient (Wildman–Crippen LogP) is 2.06. The molecule has 1 aliphatic rings. The van der Waals surface area contributed by atoms with E-state index in [1.165, 1.54) is 0 Å². The number of aromatic nitrogens is 1. The minimum Gasteiger partial charge on any atom is -0.473 e. The summed E-state index contributed by atoms with van der Waals surface area (Å²) < 4.78 is 16.3. The van der Waals surface area contributed by atoms with Crippen LogP contribution in [0.25, 0.3) is 0 Å². The first kappa shape index (κ1) is 17.5.